The van der Waals surface area contributed by atoms with Crippen LogP contribution in [0.4, 0.5) is 5.69 Å². The Balaban J connectivity index is 1.67. The number of nitrogens with one attached hydrogen (secondary N) is 1. The summed E-state index contributed by atoms with van der Waals surface area (Å²) in [6.45, 7) is 9.11. The number of para-hydroxylation sites is 1. The smallest absolute Gasteiger partial charge is 0.0994 e. The van der Waals surface area contributed by atoms with Gasteiger partial charge in [0.2, 0.25) is 0 Å². The van der Waals surface area contributed by atoms with Crippen molar-refractivity contribution in [2.75, 3.05) is 5.32 Å². The first kappa shape index (κ1) is 23.3. The lowest BCUT2D eigenvalue weighted by Crippen LogP contribution is -2.14. The van der Waals surface area contributed by atoms with Crippen molar-refractivity contribution in [1.29, 1.82) is 5.26 Å². The lowest BCUT2D eigenvalue weighted by atomic mass is 9.84. The van der Waals surface area contributed by atoms with Gasteiger partial charge in [-0.25, -0.2) is 0 Å². The zero-order valence-corrected chi connectivity index (χ0v) is 20.1. The SMILES string of the molecule is C=C(Nc1ccccc1Cc1ccccc1C#N)C(CC(C)CC)c1cccc2ccccc12. The summed E-state index contributed by atoms with van der Waals surface area (Å²) in [5.41, 5.74) is 6.30. The molecule has 0 aliphatic carbocycles. The molecule has 0 fully saturated rings. The number of nitrogens with zero attached hydrogens (tertiary/aromatic N) is 1. The molecule has 2 nitrogen and oxygen atoms in total. The molecule has 4 aromatic carbocycles. The van der Waals surface area contributed by atoms with E-state index >= 15 is 0 Å². The molecule has 0 bridgehead atoms. The van der Waals surface area contributed by atoms with Gasteiger partial charge in [0.25, 0.3) is 0 Å². The first-order valence-corrected chi connectivity index (χ1v) is 12.1. The monoisotopic (exact) mass is 444 g/mol. The summed E-state index contributed by atoms with van der Waals surface area (Å²) in [6.07, 6.45) is 2.87. The number of hydrogen-bond donors (Lipinski definition) is 1. The van der Waals surface area contributed by atoms with Crippen molar-refractivity contribution in [3.05, 3.63) is 126 Å². The van der Waals surface area contributed by atoms with Crippen LogP contribution in [0.3, 0.4) is 0 Å². The van der Waals surface area contributed by atoms with Crippen LogP contribution >= 0.6 is 0 Å². The summed E-state index contributed by atoms with van der Waals surface area (Å²) in [4.78, 5) is 0. The molecule has 1 N–H and O–H groups in total. The van der Waals surface area contributed by atoms with Crippen molar-refractivity contribution in [2.45, 2.75) is 39.0 Å². The van der Waals surface area contributed by atoms with E-state index in [2.05, 4.69) is 98.5 Å². The van der Waals surface area contributed by atoms with Gasteiger partial charge in [-0.2, -0.15) is 5.26 Å². The summed E-state index contributed by atoms with van der Waals surface area (Å²) < 4.78 is 0. The van der Waals surface area contributed by atoms with Gasteiger partial charge >= 0.3 is 0 Å². The highest BCUT2D eigenvalue weighted by molar-refractivity contribution is 5.86. The molecular weight excluding hydrogens is 412 g/mol. The molecule has 170 valence electrons. The average Bonchev–Trinajstić information content (AvgIpc) is 2.88. The van der Waals surface area contributed by atoms with Gasteiger partial charge in [0.05, 0.1) is 11.6 Å². The molecule has 0 spiro atoms. The van der Waals surface area contributed by atoms with Gasteiger partial charge in [-0.3, -0.25) is 0 Å². The van der Waals surface area contributed by atoms with Crippen molar-refractivity contribution in [1.82, 2.24) is 0 Å². The van der Waals surface area contributed by atoms with Crippen LogP contribution in [0.15, 0.2) is 103 Å². The highest BCUT2D eigenvalue weighted by atomic mass is 14.9. The van der Waals surface area contributed by atoms with Crippen molar-refractivity contribution in [2.24, 2.45) is 5.92 Å². The maximum absolute atomic E-state index is 9.52. The van der Waals surface area contributed by atoms with Gasteiger partial charge in [0, 0.05) is 23.7 Å². The fourth-order valence-corrected chi connectivity index (χ4v) is 4.63. The Hall–Kier alpha value is -3.83. The van der Waals surface area contributed by atoms with Crippen LogP contribution in [-0.4, -0.2) is 0 Å². The Morgan fingerprint density at radius 1 is 0.882 bits per heavy atom. The molecule has 0 saturated carbocycles. The van der Waals surface area contributed by atoms with E-state index < -0.39 is 0 Å². The van der Waals surface area contributed by atoms with Crippen LogP contribution in [0.25, 0.3) is 10.8 Å². The Bertz CT molecular complexity index is 1320. The first-order valence-electron chi connectivity index (χ1n) is 12.1. The van der Waals surface area contributed by atoms with Gasteiger partial charge in [0.15, 0.2) is 0 Å². The largest absolute Gasteiger partial charge is 0.359 e. The molecule has 4 aromatic rings. The number of fused-ring (bicyclic) bond motifs is 1. The van der Waals surface area contributed by atoms with E-state index in [4.69, 9.17) is 0 Å². The van der Waals surface area contributed by atoms with Gasteiger partial charge in [-0.05, 0) is 51.9 Å². The van der Waals surface area contributed by atoms with E-state index in [1.807, 2.05) is 24.3 Å². The van der Waals surface area contributed by atoms with Gasteiger partial charge in [0.1, 0.15) is 0 Å². The van der Waals surface area contributed by atoms with E-state index in [0.29, 0.717) is 12.3 Å². The highest BCUT2D eigenvalue weighted by Gasteiger charge is 2.21. The fraction of sp³-hybridized carbons (Fsp3) is 0.219. The Labute approximate surface area is 203 Å². The second-order valence-corrected chi connectivity index (χ2v) is 9.12. The third kappa shape index (κ3) is 5.21. The van der Waals surface area contributed by atoms with Crippen molar-refractivity contribution < 1.29 is 0 Å². The molecule has 34 heavy (non-hydrogen) atoms. The van der Waals surface area contributed by atoms with Crippen LogP contribution in [-0.2, 0) is 6.42 Å². The van der Waals surface area contributed by atoms with Gasteiger partial charge < -0.3 is 5.32 Å². The van der Waals surface area contributed by atoms with Crippen LogP contribution in [0.5, 0.6) is 0 Å². The van der Waals surface area contributed by atoms with Crippen LogP contribution < -0.4 is 5.32 Å². The molecule has 0 amide bonds. The molecule has 2 heteroatoms. The van der Waals surface area contributed by atoms with Gasteiger partial charge in [-0.1, -0.05) is 106 Å². The van der Waals surface area contributed by atoms with Crippen LogP contribution in [0.2, 0.25) is 0 Å². The molecule has 0 saturated heterocycles. The minimum Gasteiger partial charge on any atom is -0.359 e. The van der Waals surface area contributed by atoms with Crippen molar-refractivity contribution in [3.63, 3.8) is 0 Å². The van der Waals surface area contributed by atoms with Crippen LogP contribution in [0.1, 0.15) is 54.9 Å². The molecule has 0 aliphatic heterocycles. The molecule has 2 unspecified atom stereocenters. The molecule has 0 radical (unpaired) electrons. The minimum atomic E-state index is 0.195. The number of hydrogen-bond acceptors (Lipinski definition) is 2. The van der Waals surface area contributed by atoms with E-state index in [1.54, 1.807) is 0 Å². The summed E-state index contributed by atoms with van der Waals surface area (Å²) in [5.74, 6) is 0.778. The number of rotatable bonds is 9. The Morgan fingerprint density at radius 2 is 1.56 bits per heavy atom. The predicted octanol–water partition coefficient (Wildman–Crippen LogP) is 8.45. The van der Waals surface area contributed by atoms with E-state index in [1.165, 1.54) is 16.3 Å². The average molecular weight is 445 g/mol. The van der Waals surface area contributed by atoms with E-state index in [9.17, 15) is 5.26 Å². The lowest BCUT2D eigenvalue weighted by Gasteiger charge is -2.26. The number of anilines is 1. The van der Waals surface area contributed by atoms with E-state index in [0.717, 1.165) is 40.9 Å². The molecular formula is C32H32N2. The topological polar surface area (TPSA) is 35.8 Å². The van der Waals surface area contributed by atoms with E-state index in [-0.39, 0.29) is 5.92 Å². The Kier molecular flexibility index (Phi) is 7.45. The van der Waals surface area contributed by atoms with Gasteiger partial charge in [-0.15, -0.1) is 0 Å². The zero-order valence-electron chi connectivity index (χ0n) is 20.1. The number of allylic oxidation sites excluding steroid dienone is 1. The second-order valence-electron chi connectivity index (χ2n) is 9.12. The normalized spacial score (nSPS) is 12.6. The maximum atomic E-state index is 9.52. The third-order valence-electron chi connectivity index (χ3n) is 6.79. The number of nitriles is 1. The predicted molar refractivity (Wildman–Crippen MR) is 144 cm³/mol. The summed E-state index contributed by atoms with van der Waals surface area (Å²) in [6, 6.07) is 33.7. The third-order valence-corrected chi connectivity index (χ3v) is 6.79. The fourth-order valence-electron chi connectivity index (χ4n) is 4.63. The molecule has 0 aliphatic rings. The molecule has 0 heterocycles. The second kappa shape index (κ2) is 10.9. The maximum Gasteiger partial charge on any atom is 0.0994 e. The van der Waals surface area contributed by atoms with Crippen molar-refractivity contribution >= 4 is 16.5 Å². The van der Waals surface area contributed by atoms with Crippen molar-refractivity contribution in [3.8, 4) is 6.07 Å². The Morgan fingerprint density at radius 3 is 2.35 bits per heavy atom. The summed E-state index contributed by atoms with van der Waals surface area (Å²) in [7, 11) is 0. The highest BCUT2D eigenvalue weighted by Crippen LogP contribution is 2.36. The quantitative estimate of drug-likeness (QED) is 0.281. The minimum absolute atomic E-state index is 0.195. The summed E-state index contributed by atoms with van der Waals surface area (Å²) >= 11 is 0. The zero-order chi connectivity index (χ0) is 23.9. The molecule has 0 aromatic heterocycles. The molecule has 2 atom stereocenters. The molecule has 4 rings (SSSR count). The number of benzene rings is 4. The summed E-state index contributed by atoms with van der Waals surface area (Å²) in [5, 5.41) is 15.8. The lowest BCUT2D eigenvalue weighted by molar-refractivity contribution is 0.483. The first-order chi connectivity index (χ1) is 16.6. The van der Waals surface area contributed by atoms with Crippen LogP contribution in [0, 0.1) is 17.2 Å². The standard InChI is InChI=1S/C32H32N2/c1-4-23(2)20-31(30-18-11-16-25-12-7-9-17-29(25)30)24(3)34-32-19-10-8-14-27(32)21-26-13-5-6-15-28(26)22-33/h5-19,23,31,34H,3-4,20-21H2,1-2H3.